The number of unbranched alkanes of at least 4 members (excludes halogenated alkanes) is 1. The number of carbonyl (C=O) groups is 2. The Morgan fingerprint density at radius 2 is 1.91 bits per heavy atom. The monoisotopic (exact) mass is 468 g/mol. The summed E-state index contributed by atoms with van der Waals surface area (Å²) >= 11 is 0. The number of rotatable bonds is 10. The van der Waals surface area contributed by atoms with Crippen LogP contribution in [0.2, 0.25) is 0 Å². The molecule has 1 aromatic carbocycles. The van der Waals surface area contributed by atoms with Gasteiger partial charge in [-0.05, 0) is 58.7 Å². The maximum absolute atomic E-state index is 11.6. The van der Waals surface area contributed by atoms with E-state index in [2.05, 4.69) is 15.3 Å². The number of ether oxygens (including phenoxy) is 3. The minimum atomic E-state index is -0.513. The standard InChI is InChI=1S/C25H32N4O5/c1-16(15-32-12-6-5-10-28-24(31)34-25(2,3)4)33-23-19-9-11-27-14-20(19)18-8-7-17(22(26)30)13-21(18)29-23/h7-9,11,13-14,16H,5-6,10,12,15H2,1-4H3,(H2,26,30)(H,28,31)/t16-/m1/s1. The van der Waals surface area contributed by atoms with E-state index in [0.29, 0.717) is 36.7 Å². The van der Waals surface area contributed by atoms with E-state index in [1.165, 1.54) is 0 Å². The first-order chi connectivity index (χ1) is 16.1. The number of primary amides is 1. The van der Waals surface area contributed by atoms with E-state index in [1.54, 1.807) is 24.5 Å². The van der Waals surface area contributed by atoms with Gasteiger partial charge in [0.1, 0.15) is 11.7 Å². The summed E-state index contributed by atoms with van der Waals surface area (Å²) < 4.78 is 17.0. The van der Waals surface area contributed by atoms with Crippen LogP contribution in [0.4, 0.5) is 4.79 Å². The first-order valence-electron chi connectivity index (χ1n) is 11.3. The molecule has 0 saturated carbocycles. The van der Waals surface area contributed by atoms with E-state index in [4.69, 9.17) is 19.9 Å². The summed E-state index contributed by atoms with van der Waals surface area (Å²) in [6.07, 6.45) is 4.35. The zero-order valence-electron chi connectivity index (χ0n) is 20.1. The Bertz CT molecular complexity index is 1160. The third-order valence-electron chi connectivity index (χ3n) is 4.89. The van der Waals surface area contributed by atoms with Gasteiger partial charge in [-0.15, -0.1) is 0 Å². The molecule has 0 aliphatic carbocycles. The van der Waals surface area contributed by atoms with Crippen molar-refractivity contribution in [3.8, 4) is 5.88 Å². The third kappa shape index (κ3) is 7.02. The summed E-state index contributed by atoms with van der Waals surface area (Å²) in [7, 11) is 0. The number of aromatic nitrogens is 2. The molecule has 34 heavy (non-hydrogen) atoms. The zero-order valence-corrected chi connectivity index (χ0v) is 20.1. The van der Waals surface area contributed by atoms with Crippen molar-refractivity contribution in [3.05, 3.63) is 42.2 Å². The molecule has 3 N–H and O–H groups in total. The van der Waals surface area contributed by atoms with E-state index >= 15 is 0 Å². The fourth-order valence-corrected chi connectivity index (χ4v) is 3.37. The summed E-state index contributed by atoms with van der Waals surface area (Å²) in [5, 5.41) is 5.30. The van der Waals surface area contributed by atoms with Gasteiger partial charge in [-0.25, -0.2) is 9.78 Å². The maximum atomic E-state index is 11.6. The van der Waals surface area contributed by atoms with Crippen LogP contribution in [0.1, 0.15) is 50.9 Å². The summed E-state index contributed by atoms with van der Waals surface area (Å²) in [5.74, 6) is -0.0651. The maximum Gasteiger partial charge on any atom is 0.407 e. The van der Waals surface area contributed by atoms with E-state index in [0.717, 1.165) is 29.0 Å². The highest BCUT2D eigenvalue weighted by molar-refractivity contribution is 6.09. The summed E-state index contributed by atoms with van der Waals surface area (Å²) in [5.41, 5.74) is 5.91. The Morgan fingerprint density at radius 3 is 2.65 bits per heavy atom. The Morgan fingerprint density at radius 1 is 1.12 bits per heavy atom. The molecule has 0 aliphatic rings. The van der Waals surface area contributed by atoms with Gasteiger partial charge in [0.05, 0.1) is 12.1 Å². The van der Waals surface area contributed by atoms with Gasteiger partial charge in [-0.2, -0.15) is 0 Å². The number of hydrogen-bond donors (Lipinski definition) is 2. The molecule has 0 saturated heterocycles. The van der Waals surface area contributed by atoms with Gasteiger partial charge >= 0.3 is 6.09 Å². The van der Waals surface area contributed by atoms with Crippen LogP contribution in [0.15, 0.2) is 36.7 Å². The molecule has 0 radical (unpaired) electrons. The number of nitrogens with zero attached hydrogens (tertiary/aromatic N) is 2. The summed E-state index contributed by atoms with van der Waals surface area (Å²) in [6, 6.07) is 7.01. The molecule has 0 unspecified atom stereocenters. The molecule has 1 atom stereocenters. The van der Waals surface area contributed by atoms with E-state index in [9.17, 15) is 9.59 Å². The second-order valence-corrected chi connectivity index (χ2v) is 9.07. The van der Waals surface area contributed by atoms with Crippen LogP contribution in [0.3, 0.4) is 0 Å². The Hall–Kier alpha value is -3.46. The molecular formula is C25H32N4O5. The van der Waals surface area contributed by atoms with Crippen LogP contribution in [0, 0.1) is 0 Å². The average molecular weight is 469 g/mol. The molecule has 0 fully saturated rings. The highest BCUT2D eigenvalue weighted by atomic mass is 16.6. The van der Waals surface area contributed by atoms with Crippen molar-refractivity contribution in [2.75, 3.05) is 19.8 Å². The summed E-state index contributed by atoms with van der Waals surface area (Å²) in [4.78, 5) is 32.1. The molecular weight excluding hydrogens is 436 g/mol. The molecule has 9 heteroatoms. The first kappa shape index (κ1) is 25.2. The minimum absolute atomic E-state index is 0.250. The molecule has 182 valence electrons. The lowest BCUT2D eigenvalue weighted by Crippen LogP contribution is -2.33. The predicted molar refractivity (Wildman–Crippen MR) is 130 cm³/mol. The number of amides is 2. The fourth-order valence-electron chi connectivity index (χ4n) is 3.37. The second-order valence-electron chi connectivity index (χ2n) is 9.07. The Balaban J connectivity index is 1.53. The number of nitrogens with one attached hydrogen (secondary N) is 1. The molecule has 9 nitrogen and oxygen atoms in total. The number of benzene rings is 1. The molecule has 2 aromatic heterocycles. The fraction of sp³-hybridized carbons (Fsp3) is 0.440. The number of fused-ring (bicyclic) bond motifs is 3. The topological polar surface area (TPSA) is 126 Å². The quantitative estimate of drug-likeness (QED) is 0.341. The van der Waals surface area contributed by atoms with Gasteiger partial charge in [0.2, 0.25) is 11.8 Å². The molecule has 0 spiro atoms. The van der Waals surface area contributed by atoms with Crippen LogP contribution < -0.4 is 15.8 Å². The molecule has 3 aromatic rings. The van der Waals surface area contributed by atoms with Crippen molar-refractivity contribution < 1.29 is 23.8 Å². The van der Waals surface area contributed by atoms with Crippen molar-refractivity contribution >= 4 is 33.7 Å². The predicted octanol–water partition coefficient (Wildman–Crippen LogP) is 3.97. The zero-order chi connectivity index (χ0) is 24.7. The molecule has 2 heterocycles. The van der Waals surface area contributed by atoms with Crippen molar-refractivity contribution in [2.24, 2.45) is 5.73 Å². The summed E-state index contributed by atoms with van der Waals surface area (Å²) in [6.45, 7) is 8.84. The smallest absolute Gasteiger partial charge is 0.407 e. The van der Waals surface area contributed by atoms with Crippen LogP contribution in [-0.2, 0) is 9.47 Å². The van der Waals surface area contributed by atoms with Crippen LogP contribution in [0.5, 0.6) is 5.88 Å². The van der Waals surface area contributed by atoms with Gasteiger partial charge < -0.3 is 25.3 Å². The third-order valence-corrected chi connectivity index (χ3v) is 4.89. The number of alkyl carbamates (subject to hydrolysis) is 1. The number of nitrogens with two attached hydrogens (primary N) is 1. The lowest BCUT2D eigenvalue weighted by Gasteiger charge is -2.19. The second kappa shape index (κ2) is 11.1. The van der Waals surface area contributed by atoms with E-state index < -0.39 is 17.6 Å². The van der Waals surface area contributed by atoms with Crippen molar-refractivity contribution in [3.63, 3.8) is 0 Å². The Labute approximate surface area is 199 Å². The normalized spacial score (nSPS) is 12.5. The van der Waals surface area contributed by atoms with Gasteiger partial charge in [0.25, 0.3) is 0 Å². The molecule has 0 aliphatic heterocycles. The minimum Gasteiger partial charge on any atom is -0.472 e. The molecule has 0 bridgehead atoms. The molecule has 3 rings (SSSR count). The van der Waals surface area contributed by atoms with Crippen LogP contribution >= 0.6 is 0 Å². The number of pyridine rings is 2. The Kier molecular flexibility index (Phi) is 8.22. The van der Waals surface area contributed by atoms with Crippen LogP contribution in [0.25, 0.3) is 21.7 Å². The first-order valence-corrected chi connectivity index (χ1v) is 11.3. The van der Waals surface area contributed by atoms with E-state index in [1.807, 2.05) is 39.8 Å². The average Bonchev–Trinajstić information content (AvgIpc) is 2.77. The number of carbonyl (C=O) groups excluding carboxylic acids is 2. The molecule has 2 amide bonds. The van der Waals surface area contributed by atoms with Crippen molar-refractivity contribution in [1.82, 2.24) is 15.3 Å². The number of hydrogen-bond acceptors (Lipinski definition) is 7. The van der Waals surface area contributed by atoms with Gasteiger partial charge in [0.15, 0.2) is 0 Å². The highest BCUT2D eigenvalue weighted by Crippen LogP contribution is 2.31. The highest BCUT2D eigenvalue weighted by Gasteiger charge is 2.16. The SMILES string of the molecule is C[C@H](COCCCCNC(=O)OC(C)(C)C)Oc1nc2cc(C(N)=O)ccc2c2cnccc12. The van der Waals surface area contributed by atoms with Gasteiger partial charge in [-0.1, -0.05) is 6.07 Å². The largest absolute Gasteiger partial charge is 0.472 e. The van der Waals surface area contributed by atoms with Crippen LogP contribution in [-0.4, -0.2) is 53.4 Å². The lowest BCUT2D eigenvalue weighted by atomic mass is 10.1. The van der Waals surface area contributed by atoms with Gasteiger partial charge in [-0.3, -0.25) is 9.78 Å². The lowest BCUT2D eigenvalue weighted by molar-refractivity contribution is 0.0504. The van der Waals surface area contributed by atoms with Gasteiger partial charge in [0, 0.05) is 47.3 Å². The van der Waals surface area contributed by atoms with E-state index in [-0.39, 0.29) is 6.10 Å². The van der Waals surface area contributed by atoms with Crippen molar-refractivity contribution in [2.45, 2.75) is 52.2 Å². The van der Waals surface area contributed by atoms with Crippen molar-refractivity contribution in [1.29, 1.82) is 0 Å².